The maximum absolute atomic E-state index is 3.00. The standard InChI is InChI=1S/C32H70Si10/c1-33(2,3)34(4,5)35(6,7)36(8,9)37(10,11)38(12,13)39(14,15)40(16,17)41(18,19)42(20,31-27-23-21-24-28-31)32-29-25-22-26-30-32/h21-30H,1-20H3. The molecule has 42 heavy (non-hydrogen) atoms. The summed E-state index contributed by atoms with van der Waals surface area (Å²) in [7, 11) is -15.2. The predicted octanol–water partition coefficient (Wildman–Crippen LogP) is 9.59. The second-order valence-electron chi connectivity index (χ2n) is 19.1. The largest absolute Gasteiger partial charge is 0.105 e. The highest BCUT2D eigenvalue weighted by Crippen LogP contribution is 2.47. The van der Waals surface area contributed by atoms with Crippen LogP contribution in [0, 0.1) is 0 Å². The maximum atomic E-state index is 3.00. The number of rotatable bonds is 11. The highest BCUT2D eigenvalue weighted by atomic mass is 30.1. The van der Waals surface area contributed by atoms with Crippen molar-refractivity contribution in [3.05, 3.63) is 60.7 Å². The van der Waals surface area contributed by atoms with Crippen molar-refractivity contribution in [2.45, 2.75) is 131 Å². The van der Waals surface area contributed by atoms with Crippen LogP contribution in [0.5, 0.6) is 0 Å². The van der Waals surface area contributed by atoms with Crippen molar-refractivity contribution < 1.29 is 0 Å². The Bertz CT molecular complexity index is 1180. The molecule has 0 bridgehead atoms. The molecule has 0 atom stereocenters. The van der Waals surface area contributed by atoms with Gasteiger partial charge < -0.3 is 0 Å². The molecule has 0 N–H and O–H groups in total. The Balaban J connectivity index is 2.85. The first-order valence-electron chi connectivity index (χ1n) is 16.6. The Morgan fingerprint density at radius 1 is 0.262 bits per heavy atom. The molecule has 0 saturated carbocycles. The molecule has 0 unspecified atom stereocenters. The molecule has 0 aliphatic carbocycles. The summed E-state index contributed by atoms with van der Waals surface area (Å²) < 4.78 is 0. The minimum Gasteiger partial charge on any atom is -0.0735 e. The molecule has 0 amide bonds. The Hall–Kier alpha value is 0.609. The second-order valence-corrected chi connectivity index (χ2v) is 133. The Morgan fingerprint density at radius 2 is 0.476 bits per heavy atom. The average molecular weight is 736 g/mol. The summed E-state index contributed by atoms with van der Waals surface area (Å²) in [4.78, 5) is 0. The highest BCUT2D eigenvalue weighted by molar-refractivity contribution is 8.07. The lowest BCUT2D eigenvalue weighted by Crippen LogP contribution is -2.96. The van der Waals surface area contributed by atoms with E-state index in [-0.39, 0.29) is 0 Å². The molecule has 2 aromatic rings. The van der Waals surface area contributed by atoms with Crippen LogP contribution in [0.25, 0.3) is 0 Å². The van der Waals surface area contributed by atoms with Gasteiger partial charge in [0.1, 0.15) is 7.59 Å². The van der Waals surface area contributed by atoms with E-state index < -0.39 is 72.1 Å². The van der Waals surface area contributed by atoms with Crippen LogP contribution in [-0.2, 0) is 0 Å². The summed E-state index contributed by atoms with van der Waals surface area (Å²) in [6.45, 7) is 58.2. The van der Waals surface area contributed by atoms with Crippen molar-refractivity contribution in [3.8, 4) is 0 Å². The topological polar surface area (TPSA) is 0 Å². The molecule has 2 aromatic carbocycles. The van der Waals surface area contributed by atoms with Gasteiger partial charge in [-0.3, -0.25) is 0 Å². The van der Waals surface area contributed by atoms with Gasteiger partial charge in [0, 0.05) is 64.5 Å². The Kier molecular flexibility index (Phi) is 10.8. The van der Waals surface area contributed by atoms with Gasteiger partial charge in [0.25, 0.3) is 0 Å². The number of benzene rings is 2. The van der Waals surface area contributed by atoms with Crippen molar-refractivity contribution in [2.75, 3.05) is 0 Å². The van der Waals surface area contributed by atoms with Gasteiger partial charge in [0.05, 0.1) is 0 Å². The van der Waals surface area contributed by atoms with E-state index in [0.29, 0.717) is 0 Å². The first-order valence-corrected chi connectivity index (χ1v) is 55.6. The molecule has 0 aromatic heterocycles. The molecule has 0 nitrogen and oxygen atoms in total. The van der Waals surface area contributed by atoms with Crippen molar-refractivity contribution in [1.82, 2.24) is 0 Å². The fraction of sp³-hybridized carbons (Fsp3) is 0.625. The summed E-state index contributed by atoms with van der Waals surface area (Å²) in [5, 5.41) is 3.39. The van der Waals surface area contributed by atoms with Gasteiger partial charge >= 0.3 is 0 Å². The molecule has 0 aliphatic heterocycles. The van der Waals surface area contributed by atoms with Gasteiger partial charge in [-0.05, 0) is 0 Å². The molecular formula is C32H70Si10. The molecule has 0 saturated heterocycles. The van der Waals surface area contributed by atoms with E-state index in [2.05, 4.69) is 192 Å². The predicted molar refractivity (Wildman–Crippen MR) is 227 cm³/mol. The monoisotopic (exact) mass is 734 g/mol. The van der Waals surface area contributed by atoms with Gasteiger partial charge in [-0.1, -0.05) is 202 Å². The van der Waals surface area contributed by atoms with Crippen LogP contribution in [0.4, 0.5) is 0 Å². The molecule has 238 valence electrons. The minimum absolute atomic E-state index is 1.17. The zero-order valence-electron chi connectivity index (χ0n) is 31.8. The van der Waals surface area contributed by atoms with Crippen molar-refractivity contribution >= 4 is 82.4 Å². The molecule has 0 radical (unpaired) electrons. The lowest BCUT2D eigenvalue weighted by atomic mass is 10.4. The first kappa shape index (κ1) is 38.8. The van der Waals surface area contributed by atoms with E-state index in [0.717, 1.165) is 0 Å². The lowest BCUT2D eigenvalue weighted by Gasteiger charge is -2.67. The molecule has 0 aliphatic rings. The fourth-order valence-electron chi connectivity index (χ4n) is 8.68. The summed E-state index contributed by atoms with van der Waals surface area (Å²) in [5.41, 5.74) is 0. The molecule has 0 fully saturated rings. The third kappa shape index (κ3) is 5.30. The Labute approximate surface area is 272 Å². The van der Waals surface area contributed by atoms with E-state index in [1.807, 2.05) is 0 Å². The SMILES string of the molecule is C[Si](C)(C)[Si](C)(C)[Si](C)(C)[Si](C)(C)[Si](C)(C)[Si](C)(C)[Si](C)(C)[Si](C)(C)[Si](C)(C)[Si](C)(c1ccccc1)c1ccccc1. The quantitative estimate of drug-likeness (QED) is 0.202. The van der Waals surface area contributed by atoms with Gasteiger partial charge in [0.2, 0.25) is 0 Å². The first-order chi connectivity index (χ1) is 18.5. The molecule has 0 spiro atoms. The van der Waals surface area contributed by atoms with E-state index >= 15 is 0 Å². The highest BCUT2D eigenvalue weighted by Gasteiger charge is 2.72. The van der Waals surface area contributed by atoms with Gasteiger partial charge in [-0.15, -0.1) is 0 Å². The summed E-state index contributed by atoms with van der Waals surface area (Å²) in [5.74, 6) is 0. The van der Waals surface area contributed by atoms with E-state index in [1.165, 1.54) is 0 Å². The van der Waals surface area contributed by atoms with Crippen molar-refractivity contribution in [3.63, 3.8) is 0 Å². The van der Waals surface area contributed by atoms with Crippen LogP contribution in [0.2, 0.25) is 131 Å². The smallest absolute Gasteiger partial charge is 0.0735 e. The summed E-state index contributed by atoms with van der Waals surface area (Å²) in [6.07, 6.45) is 0. The summed E-state index contributed by atoms with van der Waals surface area (Å²) >= 11 is 0. The van der Waals surface area contributed by atoms with Crippen molar-refractivity contribution in [1.29, 1.82) is 0 Å². The molecule has 0 heterocycles. The summed E-state index contributed by atoms with van der Waals surface area (Å²) in [6, 6.07) is 23.8. The second kappa shape index (κ2) is 11.7. The van der Waals surface area contributed by atoms with E-state index in [9.17, 15) is 0 Å². The lowest BCUT2D eigenvalue weighted by molar-refractivity contribution is 1.69. The zero-order chi connectivity index (χ0) is 33.2. The van der Waals surface area contributed by atoms with Gasteiger partial charge in [0.15, 0.2) is 0 Å². The number of hydrogen-bond donors (Lipinski definition) is 0. The number of hydrogen-bond acceptors (Lipinski definition) is 0. The Morgan fingerprint density at radius 3 is 0.714 bits per heavy atom. The minimum atomic E-state index is -1.94. The normalized spacial score (nSPS) is 15.6. The van der Waals surface area contributed by atoms with Crippen LogP contribution >= 0.6 is 0 Å². The van der Waals surface area contributed by atoms with Crippen LogP contribution in [0.15, 0.2) is 60.7 Å². The average Bonchev–Trinajstić information content (AvgIpc) is 2.87. The molecular weight excluding hydrogens is 665 g/mol. The van der Waals surface area contributed by atoms with E-state index in [1.54, 1.807) is 10.4 Å². The van der Waals surface area contributed by atoms with E-state index in [4.69, 9.17) is 0 Å². The van der Waals surface area contributed by atoms with Gasteiger partial charge in [-0.25, -0.2) is 0 Å². The fourth-order valence-corrected chi connectivity index (χ4v) is 321. The van der Waals surface area contributed by atoms with Crippen molar-refractivity contribution in [2.24, 2.45) is 0 Å². The van der Waals surface area contributed by atoms with Crippen LogP contribution < -0.4 is 10.4 Å². The van der Waals surface area contributed by atoms with Gasteiger partial charge in [-0.2, -0.15) is 0 Å². The molecule has 2 rings (SSSR count). The maximum Gasteiger partial charge on any atom is 0.105 e. The third-order valence-electron chi connectivity index (χ3n) is 16.8. The van der Waals surface area contributed by atoms with Crippen LogP contribution in [0.1, 0.15) is 0 Å². The molecule has 10 heteroatoms. The van der Waals surface area contributed by atoms with Crippen LogP contribution in [-0.4, -0.2) is 72.1 Å². The third-order valence-corrected chi connectivity index (χ3v) is 240. The van der Waals surface area contributed by atoms with Crippen LogP contribution in [0.3, 0.4) is 0 Å². The zero-order valence-corrected chi connectivity index (χ0v) is 41.8.